The Morgan fingerprint density at radius 3 is 2.94 bits per heavy atom. The molecule has 0 aromatic heterocycles. The summed E-state index contributed by atoms with van der Waals surface area (Å²) in [5.74, 6) is -0.205. The zero-order valence-electron chi connectivity index (χ0n) is 10.6. The molecule has 1 aliphatic heterocycles. The lowest BCUT2D eigenvalue weighted by Gasteiger charge is -2.17. The smallest absolute Gasteiger partial charge is 0.320 e. The highest BCUT2D eigenvalue weighted by Gasteiger charge is 2.23. The molecule has 1 aliphatic rings. The van der Waals surface area contributed by atoms with Crippen LogP contribution in [-0.2, 0) is 17.6 Å². The van der Waals surface area contributed by atoms with Crippen LogP contribution in [0.25, 0.3) is 0 Å². The monoisotopic (exact) mass is 250 g/mol. The standard InChI is InChI=1S/C13H18N2O3/c1-15-6-5-9-11(15)4-3-8(12(9)18-2)7-10(14)13(16)17/h3-4,10H,5-7,14H2,1-2H3,(H,16,17). The molecule has 3 N–H and O–H groups in total. The van der Waals surface area contributed by atoms with Gasteiger partial charge in [-0.25, -0.2) is 0 Å². The van der Waals surface area contributed by atoms with Gasteiger partial charge in [0.25, 0.3) is 0 Å². The molecule has 0 saturated heterocycles. The molecule has 1 aromatic rings. The number of fused-ring (bicyclic) bond motifs is 1. The Bertz CT molecular complexity index is 474. The second kappa shape index (κ2) is 4.86. The van der Waals surface area contributed by atoms with E-state index in [1.807, 2.05) is 19.2 Å². The average molecular weight is 250 g/mol. The summed E-state index contributed by atoms with van der Waals surface area (Å²) in [6, 6.07) is 3.02. The summed E-state index contributed by atoms with van der Waals surface area (Å²) in [6.07, 6.45) is 1.21. The van der Waals surface area contributed by atoms with Gasteiger partial charge in [0, 0.05) is 31.3 Å². The molecule has 0 aliphatic carbocycles. The Kier molecular flexibility index (Phi) is 3.43. The van der Waals surface area contributed by atoms with Crippen molar-refractivity contribution in [2.75, 3.05) is 25.6 Å². The van der Waals surface area contributed by atoms with Gasteiger partial charge in [0.2, 0.25) is 0 Å². The average Bonchev–Trinajstić information content (AvgIpc) is 2.71. The maximum atomic E-state index is 10.8. The third kappa shape index (κ3) is 2.13. The summed E-state index contributed by atoms with van der Waals surface area (Å²) in [5, 5.41) is 8.87. The van der Waals surface area contributed by atoms with Crippen molar-refractivity contribution in [3.63, 3.8) is 0 Å². The Balaban J connectivity index is 2.35. The molecule has 0 radical (unpaired) electrons. The normalized spacial score (nSPS) is 15.4. The fourth-order valence-electron chi connectivity index (χ4n) is 2.40. The van der Waals surface area contributed by atoms with Crippen molar-refractivity contribution in [1.29, 1.82) is 0 Å². The Morgan fingerprint density at radius 2 is 2.33 bits per heavy atom. The minimum atomic E-state index is -0.991. The van der Waals surface area contributed by atoms with Gasteiger partial charge in [-0.1, -0.05) is 6.07 Å². The van der Waals surface area contributed by atoms with E-state index in [0.29, 0.717) is 0 Å². The van der Waals surface area contributed by atoms with Crippen LogP contribution in [0.2, 0.25) is 0 Å². The van der Waals surface area contributed by atoms with Crippen LogP contribution in [0.5, 0.6) is 5.75 Å². The van der Waals surface area contributed by atoms with E-state index in [9.17, 15) is 4.79 Å². The van der Waals surface area contributed by atoms with Crippen LogP contribution in [0.15, 0.2) is 12.1 Å². The van der Waals surface area contributed by atoms with Gasteiger partial charge in [-0.3, -0.25) is 4.79 Å². The number of likely N-dealkylation sites (N-methyl/N-ethyl adjacent to an activating group) is 1. The number of nitrogens with two attached hydrogens (primary N) is 1. The molecule has 0 saturated carbocycles. The molecule has 0 amide bonds. The van der Waals surface area contributed by atoms with E-state index in [2.05, 4.69) is 4.90 Å². The SMILES string of the molecule is COc1c(CC(N)C(=O)O)ccc2c1CCN2C. The fourth-order valence-corrected chi connectivity index (χ4v) is 2.40. The minimum Gasteiger partial charge on any atom is -0.496 e. The van der Waals surface area contributed by atoms with Gasteiger partial charge in [-0.2, -0.15) is 0 Å². The number of carboxylic acids is 1. The van der Waals surface area contributed by atoms with Crippen LogP contribution in [0.3, 0.4) is 0 Å². The first-order valence-corrected chi connectivity index (χ1v) is 5.93. The molecule has 1 atom stereocenters. The highest BCUT2D eigenvalue weighted by molar-refractivity contribution is 5.74. The molecule has 2 rings (SSSR count). The first-order chi connectivity index (χ1) is 8.54. The van der Waals surface area contributed by atoms with Crippen LogP contribution in [-0.4, -0.2) is 37.8 Å². The number of aliphatic carboxylic acids is 1. The van der Waals surface area contributed by atoms with Gasteiger partial charge in [0.05, 0.1) is 7.11 Å². The van der Waals surface area contributed by atoms with Crippen LogP contribution in [0, 0.1) is 0 Å². The number of rotatable bonds is 4. The van der Waals surface area contributed by atoms with Crippen LogP contribution in [0.4, 0.5) is 5.69 Å². The molecule has 1 unspecified atom stereocenters. The number of methoxy groups -OCH3 is 1. The van der Waals surface area contributed by atoms with Gasteiger partial charge in [0.15, 0.2) is 0 Å². The van der Waals surface area contributed by atoms with Crippen molar-refractivity contribution >= 4 is 11.7 Å². The van der Waals surface area contributed by atoms with Crippen molar-refractivity contribution in [2.45, 2.75) is 18.9 Å². The van der Waals surface area contributed by atoms with Crippen LogP contribution < -0.4 is 15.4 Å². The molecule has 1 heterocycles. The van der Waals surface area contributed by atoms with Gasteiger partial charge in [0.1, 0.15) is 11.8 Å². The number of hydrogen-bond acceptors (Lipinski definition) is 4. The summed E-state index contributed by atoms with van der Waals surface area (Å²) < 4.78 is 5.44. The highest BCUT2D eigenvalue weighted by Crippen LogP contribution is 2.37. The Labute approximate surface area is 106 Å². The molecule has 18 heavy (non-hydrogen) atoms. The number of hydrogen-bond donors (Lipinski definition) is 2. The number of benzene rings is 1. The number of ether oxygens (including phenoxy) is 1. The molecule has 0 spiro atoms. The molecular weight excluding hydrogens is 232 g/mol. The molecule has 98 valence electrons. The highest BCUT2D eigenvalue weighted by atomic mass is 16.5. The predicted molar refractivity (Wildman–Crippen MR) is 69.3 cm³/mol. The molecule has 5 heteroatoms. The maximum absolute atomic E-state index is 10.8. The number of carbonyl (C=O) groups is 1. The first-order valence-electron chi connectivity index (χ1n) is 5.93. The van der Waals surface area contributed by atoms with Gasteiger partial charge in [-0.05, 0) is 18.1 Å². The molecule has 0 bridgehead atoms. The number of nitrogens with zero attached hydrogens (tertiary/aromatic N) is 1. The number of anilines is 1. The van der Waals surface area contributed by atoms with Crippen molar-refractivity contribution < 1.29 is 14.6 Å². The quantitative estimate of drug-likeness (QED) is 0.820. The van der Waals surface area contributed by atoms with Gasteiger partial charge in [-0.15, -0.1) is 0 Å². The van der Waals surface area contributed by atoms with Gasteiger partial charge >= 0.3 is 5.97 Å². The van der Waals surface area contributed by atoms with Crippen molar-refractivity contribution in [2.24, 2.45) is 5.73 Å². The van der Waals surface area contributed by atoms with E-state index in [0.717, 1.165) is 35.5 Å². The summed E-state index contributed by atoms with van der Waals surface area (Å²) >= 11 is 0. The molecule has 0 fully saturated rings. The van der Waals surface area contributed by atoms with Crippen LogP contribution >= 0.6 is 0 Å². The summed E-state index contributed by atoms with van der Waals surface area (Å²) in [7, 11) is 3.65. The lowest BCUT2D eigenvalue weighted by Crippen LogP contribution is -2.32. The van der Waals surface area contributed by atoms with Crippen LogP contribution in [0.1, 0.15) is 11.1 Å². The summed E-state index contributed by atoms with van der Waals surface area (Å²) in [4.78, 5) is 13.0. The zero-order chi connectivity index (χ0) is 13.3. The third-order valence-corrected chi connectivity index (χ3v) is 3.39. The summed E-state index contributed by atoms with van der Waals surface area (Å²) in [5.41, 5.74) is 8.74. The minimum absolute atomic E-state index is 0.287. The number of carboxylic acid groups (broad SMARTS) is 1. The van der Waals surface area contributed by atoms with Crippen molar-refractivity contribution in [3.05, 3.63) is 23.3 Å². The van der Waals surface area contributed by atoms with E-state index in [4.69, 9.17) is 15.6 Å². The van der Waals surface area contributed by atoms with Gasteiger partial charge < -0.3 is 20.5 Å². The van der Waals surface area contributed by atoms with E-state index >= 15 is 0 Å². The zero-order valence-corrected chi connectivity index (χ0v) is 10.6. The predicted octanol–water partition coefficient (Wildman–Crippen LogP) is 0.642. The molecule has 5 nitrogen and oxygen atoms in total. The lowest BCUT2D eigenvalue weighted by atomic mass is 10.0. The Morgan fingerprint density at radius 1 is 1.61 bits per heavy atom. The van der Waals surface area contributed by atoms with E-state index < -0.39 is 12.0 Å². The second-order valence-electron chi connectivity index (χ2n) is 4.58. The van der Waals surface area contributed by atoms with E-state index in [1.54, 1.807) is 7.11 Å². The van der Waals surface area contributed by atoms with Crippen molar-refractivity contribution in [1.82, 2.24) is 0 Å². The second-order valence-corrected chi connectivity index (χ2v) is 4.58. The lowest BCUT2D eigenvalue weighted by molar-refractivity contribution is -0.138. The van der Waals surface area contributed by atoms with Crippen molar-refractivity contribution in [3.8, 4) is 5.75 Å². The third-order valence-electron chi connectivity index (χ3n) is 3.39. The molecule has 1 aromatic carbocycles. The van der Waals surface area contributed by atoms with E-state index in [1.165, 1.54) is 0 Å². The molecular formula is C13H18N2O3. The first kappa shape index (κ1) is 12.7. The van der Waals surface area contributed by atoms with E-state index in [-0.39, 0.29) is 6.42 Å². The summed E-state index contributed by atoms with van der Waals surface area (Å²) in [6.45, 7) is 0.958. The largest absolute Gasteiger partial charge is 0.496 e. The fraction of sp³-hybridized carbons (Fsp3) is 0.462. The Hall–Kier alpha value is -1.75. The maximum Gasteiger partial charge on any atom is 0.320 e. The topological polar surface area (TPSA) is 75.8 Å².